The molecule has 1 aromatic carbocycles. The van der Waals surface area contributed by atoms with Gasteiger partial charge in [-0.1, -0.05) is 35.4 Å². The smallest absolute Gasteiger partial charge is 0.0608 e. The van der Waals surface area contributed by atoms with Crippen molar-refractivity contribution in [1.29, 1.82) is 0 Å². The number of benzene rings is 1. The van der Waals surface area contributed by atoms with Crippen LogP contribution in [0.2, 0.25) is 0 Å². The van der Waals surface area contributed by atoms with Crippen molar-refractivity contribution in [3.63, 3.8) is 0 Å². The summed E-state index contributed by atoms with van der Waals surface area (Å²) in [5.41, 5.74) is 2.40. The molecule has 0 aliphatic heterocycles. The summed E-state index contributed by atoms with van der Waals surface area (Å²) in [6, 6.07) is 8.06. The van der Waals surface area contributed by atoms with Gasteiger partial charge in [0.25, 0.3) is 0 Å². The molecule has 0 aromatic heterocycles. The van der Waals surface area contributed by atoms with Gasteiger partial charge in [0.2, 0.25) is 0 Å². The Kier molecular flexibility index (Phi) is 3.16. The van der Waals surface area contributed by atoms with Gasteiger partial charge in [0.05, 0.1) is 0 Å². The highest BCUT2D eigenvalue weighted by molar-refractivity contribution is 7.58. The zero-order valence-corrected chi connectivity index (χ0v) is 7.17. The largest absolute Gasteiger partial charge is 0.788 e. The Morgan fingerprint density at radius 1 is 0.900 bits per heavy atom. The van der Waals surface area contributed by atoms with Gasteiger partial charge in [-0.25, -0.2) is 0 Å². The fraction of sp³-hybridized carbons (Fsp3) is 0.250. The SMILES string of the molecule is [S-]Cc1ccccc1C[S-]. The molecule has 2 heteroatoms. The van der Waals surface area contributed by atoms with Gasteiger partial charge in [-0.3, -0.25) is 0 Å². The predicted octanol–water partition coefficient (Wildman–Crippen LogP) is 1.78. The molecule has 54 valence electrons. The molecule has 0 aliphatic carbocycles. The molecule has 10 heavy (non-hydrogen) atoms. The second kappa shape index (κ2) is 3.94. The quantitative estimate of drug-likeness (QED) is 0.617. The van der Waals surface area contributed by atoms with Crippen molar-refractivity contribution >= 4 is 25.3 Å². The maximum atomic E-state index is 4.93. The molecule has 0 nitrogen and oxygen atoms in total. The lowest BCUT2D eigenvalue weighted by Gasteiger charge is -2.13. The predicted molar refractivity (Wildman–Crippen MR) is 48.6 cm³/mol. The Morgan fingerprint density at radius 2 is 1.30 bits per heavy atom. The van der Waals surface area contributed by atoms with Gasteiger partial charge in [0, 0.05) is 0 Å². The van der Waals surface area contributed by atoms with Gasteiger partial charge in [-0.2, -0.15) is 11.5 Å². The third-order valence-electron chi connectivity index (χ3n) is 1.43. The summed E-state index contributed by atoms with van der Waals surface area (Å²) in [5.74, 6) is 1.35. The Hall–Kier alpha value is -0.0800. The van der Waals surface area contributed by atoms with E-state index in [2.05, 4.69) is 0 Å². The maximum absolute atomic E-state index is 4.93. The van der Waals surface area contributed by atoms with Crippen molar-refractivity contribution in [3.05, 3.63) is 35.4 Å². The van der Waals surface area contributed by atoms with Crippen molar-refractivity contribution in [2.45, 2.75) is 11.5 Å². The van der Waals surface area contributed by atoms with E-state index >= 15 is 0 Å². The van der Waals surface area contributed by atoms with Crippen LogP contribution < -0.4 is 0 Å². The lowest BCUT2D eigenvalue weighted by Crippen LogP contribution is -1.89. The number of rotatable bonds is 2. The average molecular weight is 168 g/mol. The molecule has 0 fully saturated rings. The first kappa shape index (κ1) is 8.02. The number of hydrogen-bond donors (Lipinski definition) is 0. The third kappa shape index (κ3) is 1.70. The summed E-state index contributed by atoms with van der Waals surface area (Å²) in [4.78, 5) is 0. The van der Waals surface area contributed by atoms with E-state index in [4.69, 9.17) is 25.3 Å². The van der Waals surface area contributed by atoms with Crippen LogP contribution in [-0.2, 0) is 36.8 Å². The van der Waals surface area contributed by atoms with E-state index in [0.717, 1.165) is 0 Å². The van der Waals surface area contributed by atoms with Crippen molar-refractivity contribution < 1.29 is 0 Å². The van der Waals surface area contributed by atoms with Crippen LogP contribution in [0, 0.1) is 0 Å². The molecule has 0 atom stereocenters. The van der Waals surface area contributed by atoms with Crippen LogP contribution in [-0.4, -0.2) is 0 Å². The van der Waals surface area contributed by atoms with Crippen molar-refractivity contribution in [2.24, 2.45) is 0 Å². The lowest BCUT2D eigenvalue weighted by molar-refractivity contribution is 1.29. The molecule has 0 spiro atoms. The minimum Gasteiger partial charge on any atom is -0.788 e. The fourth-order valence-corrected chi connectivity index (χ4v) is 1.40. The zero-order valence-electron chi connectivity index (χ0n) is 5.54. The highest BCUT2D eigenvalue weighted by Crippen LogP contribution is 2.08. The molecule has 0 amide bonds. The van der Waals surface area contributed by atoms with Gasteiger partial charge in [-0.15, -0.1) is 0 Å². The second-order valence-corrected chi connectivity index (χ2v) is 2.63. The van der Waals surface area contributed by atoms with Crippen molar-refractivity contribution in [2.75, 3.05) is 0 Å². The van der Waals surface area contributed by atoms with Crippen LogP contribution in [0.15, 0.2) is 24.3 Å². The van der Waals surface area contributed by atoms with E-state index < -0.39 is 0 Å². The molecule has 0 aliphatic rings. The van der Waals surface area contributed by atoms with Crippen LogP contribution in [0.5, 0.6) is 0 Å². The summed E-state index contributed by atoms with van der Waals surface area (Å²) in [6.45, 7) is 0. The number of hydrogen-bond acceptors (Lipinski definition) is 2. The van der Waals surface area contributed by atoms with Crippen LogP contribution in [0.25, 0.3) is 0 Å². The minimum absolute atomic E-state index is 0.673. The first-order chi connectivity index (χ1) is 4.88. The van der Waals surface area contributed by atoms with E-state index in [0.29, 0.717) is 11.5 Å². The van der Waals surface area contributed by atoms with E-state index in [1.54, 1.807) is 0 Å². The van der Waals surface area contributed by atoms with Gasteiger partial charge < -0.3 is 25.3 Å². The summed E-state index contributed by atoms with van der Waals surface area (Å²) in [5, 5.41) is 0. The Morgan fingerprint density at radius 3 is 1.60 bits per heavy atom. The molecule has 0 saturated carbocycles. The van der Waals surface area contributed by atoms with Crippen LogP contribution in [0.3, 0.4) is 0 Å². The van der Waals surface area contributed by atoms with Crippen LogP contribution in [0.1, 0.15) is 11.1 Å². The molecule has 0 unspecified atom stereocenters. The normalized spacial score (nSPS) is 9.80. The Balaban J connectivity index is 2.96. The van der Waals surface area contributed by atoms with Crippen LogP contribution >= 0.6 is 0 Å². The molecule has 1 aromatic rings. The standard InChI is InChI=1S/C8H10S2/c9-5-7-3-1-2-4-8(7)6-10/h1-4,9-10H,5-6H2/p-2. The summed E-state index contributed by atoms with van der Waals surface area (Å²) < 4.78 is 0. The van der Waals surface area contributed by atoms with E-state index in [1.807, 2.05) is 24.3 Å². The van der Waals surface area contributed by atoms with Gasteiger partial charge in [0.1, 0.15) is 0 Å². The summed E-state index contributed by atoms with van der Waals surface area (Å²) in [6.07, 6.45) is 0. The van der Waals surface area contributed by atoms with E-state index in [1.165, 1.54) is 11.1 Å². The van der Waals surface area contributed by atoms with Crippen LogP contribution in [0.4, 0.5) is 0 Å². The fourth-order valence-electron chi connectivity index (χ4n) is 0.839. The van der Waals surface area contributed by atoms with E-state index in [9.17, 15) is 0 Å². The molecule has 0 heterocycles. The third-order valence-corrected chi connectivity index (χ3v) is 2.05. The zero-order chi connectivity index (χ0) is 7.40. The van der Waals surface area contributed by atoms with Crippen molar-refractivity contribution in [1.82, 2.24) is 0 Å². The van der Waals surface area contributed by atoms with Crippen molar-refractivity contribution in [3.8, 4) is 0 Å². The molecular formula is C8H8S2-2. The van der Waals surface area contributed by atoms with E-state index in [-0.39, 0.29) is 0 Å². The Labute approximate surface area is 72.5 Å². The molecule has 0 saturated heterocycles. The minimum atomic E-state index is 0.673. The monoisotopic (exact) mass is 168 g/mol. The molecule has 0 N–H and O–H groups in total. The highest BCUT2D eigenvalue weighted by atomic mass is 32.1. The average Bonchev–Trinajstić information content (AvgIpc) is 2.04. The molecule has 0 bridgehead atoms. The maximum Gasteiger partial charge on any atom is -0.0608 e. The summed E-state index contributed by atoms with van der Waals surface area (Å²) in [7, 11) is 0. The first-order valence-corrected chi connectivity index (χ1v) is 4.27. The van der Waals surface area contributed by atoms with Gasteiger partial charge in [0.15, 0.2) is 0 Å². The molecule has 0 radical (unpaired) electrons. The van der Waals surface area contributed by atoms with Gasteiger partial charge in [-0.05, 0) is 0 Å². The van der Waals surface area contributed by atoms with Gasteiger partial charge >= 0.3 is 0 Å². The molecular weight excluding hydrogens is 160 g/mol. The first-order valence-electron chi connectivity index (χ1n) is 3.11. The lowest BCUT2D eigenvalue weighted by atomic mass is 10.1. The topological polar surface area (TPSA) is 0 Å². The second-order valence-electron chi connectivity index (χ2n) is 2.06. The highest BCUT2D eigenvalue weighted by Gasteiger charge is 1.87. The Bertz CT molecular complexity index is 185. The molecule has 1 rings (SSSR count). The summed E-state index contributed by atoms with van der Waals surface area (Å²) >= 11 is 9.85.